The number of esters is 1. The van der Waals surface area contributed by atoms with Crippen LogP contribution in [-0.2, 0) is 23.1 Å². The second kappa shape index (κ2) is 21.1. The number of allylic oxidation sites excluding steroid dienone is 4. The third-order valence-corrected chi connectivity index (χ3v) is 6.20. The largest absolute Gasteiger partial charge is 0.472 e. The molecule has 0 saturated carbocycles. The average Bonchev–Trinajstić information content (AvgIpc) is 2.78. The van der Waals surface area contributed by atoms with Crippen LogP contribution in [0.2, 0.25) is 0 Å². The van der Waals surface area contributed by atoms with Gasteiger partial charge in [-0.1, -0.05) is 63.3 Å². The number of hydrogen-bond donors (Lipinski definition) is 2. The molecular formula is C26H51NO7P+. The van der Waals surface area contributed by atoms with Gasteiger partial charge in [-0.3, -0.25) is 13.8 Å². The lowest BCUT2D eigenvalue weighted by Gasteiger charge is -2.24. The van der Waals surface area contributed by atoms with Gasteiger partial charge in [0.05, 0.1) is 27.7 Å². The van der Waals surface area contributed by atoms with Crippen molar-refractivity contribution in [1.82, 2.24) is 0 Å². The van der Waals surface area contributed by atoms with Gasteiger partial charge >= 0.3 is 13.8 Å². The minimum absolute atomic E-state index is 0.0515. The maximum atomic E-state index is 11.8. The fraction of sp³-hybridized carbons (Fsp3) is 0.808. The summed E-state index contributed by atoms with van der Waals surface area (Å²) in [6, 6.07) is 0. The molecular weight excluding hydrogens is 469 g/mol. The van der Waals surface area contributed by atoms with Gasteiger partial charge in [-0.2, -0.15) is 0 Å². The lowest BCUT2D eigenvalue weighted by Crippen LogP contribution is -2.37. The molecule has 0 aliphatic heterocycles. The number of nitrogens with zero attached hydrogens (tertiary/aromatic N) is 1. The van der Waals surface area contributed by atoms with Crippen molar-refractivity contribution in [2.45, 2.75) is 90.1 Å². The Morgan fingerprint density at radius 1 is 0.886 bits per heavy atom. The Bertz CT molecular complexity index is 632. The van der Waals surface area contributed by atoms with Gasteiger partial charge in [0.2, 0.25) is 0 Å². The fourth-order valence-corrected chi connectivity index (χ4v) is 3.79. The molecule has 2 N–H and O–H groups in total. The fourth-order valence-electron chi connectivity index (χ4n) is 3.04. The Morgan fingerprint density at radius 3 is 2.11 bits per heavy atom. The van der Waals surface area contributed by atoms with Crippen molar-refractivity contribution in [2.75, 3.05) is 47.5 Å². The zero-order chi connectivity index (χ0) is 26.4. The van der Waals surface area contributed by atoms with E-state index in [1.54, 1.807) is 0 Å². The number of rotatable bonds is 23. The van der Waals surface area contributed by atoms with Crippen molar-refractivity contribution < 1.29 is 37.6 Å². The van der Waals surface area contributed by atoms with E-state index in [0.29, 0.717) is 17.4 Å². The summed E-state index contributed by atoms with van der Waals surface area (Å²) < 4.78 is 27.0. The van der Waals surface area contributed by atoms with Crippen LogP contribution >= 0.6 is 7.82 Å². The molecule has 0 aromatic rings. The maximum Gasteiger partial charge on any atom is 0.472 e. The van der Waals surface area contributed by atoms with E-state index >= 15 is 0 Å². The van der Waals surface area contributed by atoms with Crippen molar-refractivity contribution in [1.29, 1.82) is 0 Å². The van der Waals surface area contributed by atoms with E-state index < -0.39 is 20.5 Å². The molecule has 0 aliphatic rings. The van der Waals surface area contributed by atoms with Crippen molar-refractivity contribution in [3.63, 3.8) is 0 Å². The number of aliphatic hydroxyl groups excluding tert-OH is 1. The average molecular weight is 521 g/mol. The monoisotopic (exact) mass is 520 g/mol. The molecule has 9 heteroatoms. The summed E-state index contributed by atoms with van der Waals surface area (Å²) in [6.07, 6.45) is 20.3. The number of aliphatic hydroxyl groups is 1. The van der Waals surface area contributed by atoms with E-state index in [2.05, 4.69) is 31.2 Å². The van der Waals surface area contributed by atoms with Crippen LogP contribution in [0.3, 0.4) is 0 Å². The van der Waals surface area contributed by atoms with E-state index in [9.17, 15) is 19.4 Å². The third-order valence-electron chi connectivity index (χ3n) is 5.21. The Labute approximate surface area is 213 Å². The molecule has 8 nitrogen and oxygen atoms in total. The number of phosphoric acid groups is 1. The van der Waals surface area contributed by atoms with Crippen LogP contribution in [0.15, 0.2) is 24.3 Å². The van der Waals surface area contributed by atoms with Crippen molar-refractivity contribution >= 4 is 13.8 Å². The summed E-state index contributed by atoms with van der Waals surface area (Å²) in [5.41, 5.74) is 0. The quantitative estimate of drug-likeness (QED) is 0.0599. The van der Waals surface area contributed by atoms with Crippen LogP contribution < -0.4 is 0 Å². The second-order valence-corrected chi connectivity index (χ2v) is 11.4. The molecule has 0 spiro atoms. The molecule has 0 saturated heterocycles. The Kier molecular flexibility index (Phi) is 20.5. The van der Waals surface area contributed by atoms with Crippen LogP contribution in [0, 0.1) is 0 Å². The Hall–Kier alpha value is -1.02. The maximum absolute atomic E-state index is 11.8. The van der Waals surface area contributed by atoms with Gasteiger partial charge in [-0.05, 0) is 38.5 Å². The highest BCUT2D eigenvalue weighted by Gasteiger charge is 2.24. The van der Waals surface area contributed by atoms with Gasteiger partial charge in [-0.15, -0.1) is 0 Å². The van der Waals surface area contributed by atoms with E-state index in [1.165, 1.54) is 25.7 Å². The molecule has 0 aromatic heterocycles. The summed E-state index contributed by atoms with van der Waals surface area (Å²) in [6.45, 7) is 2.07. The second-order valence-electron chi connectivity index (χ2n) is 9.93. The first kappa shape index (κ1) is 34.0. The molecule has 0 fully saturated rings. The van der Waals surface area contributed by atoms with Gasteiger partial charge in [0, 0.05) is 6.42 Å². The molecule has 2 atom stereocenters. The third kappa shape index (κ3) is 25.9. The first-order valence-corrected chi connectivity index (χ1v) is 14.6. The number of carbonyl (C=O) groups is 1. The molecule has 35 heavy (non-hydrogen) atoms. The first-order valence-electron chi connectivity index (χ1n) is 13.1. The van der Waals surface area contributed by atoms with Crippen molar-refractivity contribution in [2.24, 2.45) is 0 Å². The van der Waals surface area contributed by atoms with Crippen LogP contribution in [0.1, 0.15) is 84.0 Å². The molecule has 0 bridgehead atoms. The van der Waals surface area contributed by atoms with Crippen LogP contribution in [-0.4, -0.2) is 74.1 Å². The van der Waals surface area contributed by atoms with Crippen molar-refractivity contribution in [3.8, 4) is 0 Å². The first-order chi connectivity index (χ1) is 16.6. The van der Waals surface area contributed by atoms with Crippen LogP contribution in [0.4, 0.5) is 0 Å². The van der Waals surface area contributed by atoms with Gasteiger partial charge < -0.3 is 19.2 Å². The summed E-state index contributed by atoms with van der Waals surface area (Å²) in [5, 5.41) is 9.82. The van der Waals surface area contributed by atoms with Gasteiger partial charge in [0.15, 0.2) is 0 Å². The predicted molar refractivity (Wildman–Crippen MR) is 141 cm³/mol. The van der Waals surface area contributed by atoms with Gasteiger partial charge in [0.1, 0.15) is 25.9 Å². The zero-order valence-corrected chi connectivity index (χ0v) is 23.4. The number of phosphoric ester groups is 1. The van der Waals surface area contributed by atoms with Crippen LogP contribution in [0.5, 0.6) is 0 Å². The number of hydrogen-bond acceptors (Lipinski definition) is 6. The topological polar surface area (TPSA) is 102 Å². The summed E-state index contributed by atoms with van der Waals surface area (Å²) in [7, 11) is 1.55. The van der Waals surface area contributed by atoms with Crippen LogP contribution in [0.25, 0.3) is 0 Å². The van der Waals surface area contributed by atoms with Crippen molar-refractivity contribution in [3.05, 3.63) is 24.3 Å². The van der Waals surface area contributed by atoms with E-state index in [0.717, 1.165) is 44.9 Å². The molecule has 0 aromatic carbocycles. The molecule has 0 radical (unpaired) electrons. The standard InChI is InChI=1S/C26H50NO7P/c1-5-6-7-8-9-10-11-12-13-14-15-16-17-18-19-20-26(29)32-23-25(28)24-34-35(30,31)33-22-21-27(2,3)4/h9-10,12-13,25,28H,5-8,11,14-24H2,1-4H3/p+1/b10-9-,13-12-/t25-/m0/s1. The molecule has 206 valence electrons. The number of ether oxygens (including phenoxy) is 1. The van der Waals surface area contributed by atoms with E-state index in [-0.39, 0.29) is 19.2 Å². The lowest BCUT2D eigenvalue weighted by atomic mass is 10.1. The van der Waals surface area contributed by atoms with E-state index in [4.69, 9.17) is 13.8 Å². The minimum Gasteiger partial charge on any atom is -0.463 e. The Morgan fingerprint density at radius 2 is 1.49 bits per heavy atom. The summed E-state index contributed by atoms with van der Waals surface area (Å²) in [4.78, 5) is 21.4. The predicted octanol–water partition coefficient (Wildman–Crippen LogP) is 5.54. The minimum atomic E-state index is -4.24. The SMILES string of the molecule is CCCCC/C=C\C/C=C\CCCCCCCC(=O)OC[C@H](O)COP(=O)(O)OCC[N+](C)(C)C. The molecule has 0 rings (SSSR count). The highest BCUT2D eigenvalue weighted by molar-refractivity contribution is 7.47. The normalized spacial score (nSPS) is 15.0. The van der Waals surface area contributed by atoms with E-state index in [1.807, 2.05) is 21.1 Å². The Balaban J connectivity index is 3.64. The lowest BCUT2D eigenvalue weighted by molar-refractivity contribution is -0.870. The van der Waals surface area contributed by atoms with Gasteiger partial charge in [-0.25, -0.2) is 4.57 Å². The smallest absolute Gasteiger partial charge is 0.463 e. The number of quaternary nitrogens is 1. The summed E-state index contributed by atoms with van der Waals surface area (Å²) >= 11 is 0. The molecule has 0 aliphatic carbocycles. The molecule has 0 amide bonds. The zero-order valence-electron chi connectivity index (χ0n) is 22.5. The highest BCUT2D eigenvalue weighted by atomic mass is 31.2. The molecule has 1 unspecified atom stereocenters. The number of carbonyl (C=O) groups excluding carboxylic acids is 1. The van der Waals surface area contributed by atoms with Gasteiger partial charge in [0.25, 0.3) is 0 Å². The summed E-state index contributed by atoms with van der Waals surface area (Å²) in [5.74, 6) is -0.388. The highest BCUT2D eigenvalue weighted by Crippen LogP contribution is 2.43. The molecule has 0 heterocycles. The number of likely N-dealkylation sites (N-methyl/N-ethyl adjacent to an activating group) is 1. The number of unbranched alkanes of at least 4 members (excludes halogenated alkanes) is 8.